The van der Waals surface area contributed by atoms with Crippen LogP contribution in [0.3, 0.4) is 0 Å². The van der Waals surface area contributed by atoms with Crippen molar-refractivity contribution in [2.75, 3.05) is 12.8 Å². The van der Waals surface area contributed by atoms with Crippen LogP contribution >= 0.6 is 0 Å². The normalized spacial score (nSPS) is 23.6. The number of nitrogen functional groups attached to an aromatic ring is 1. The minimum absolute atomic E-state index is 0.0382. The van der Waals surface area contributed by atoms with E-state index >= 15 is 0 Å². The summed E-state index contributed by atoms with van der Waals surface area (Å²) in [5.74, 6) is 0.0411. The fraction of sp³-hybridized carbons (Fsp3) is 0.583. The van der Waals surface area contributed by atoms with Crippen molar-refractivity contribution in [1.82, 2.24) is 9.55 Å². The van der Waals surface area contributed by atoms with E-state index in [1.165, 1.54) is 7.11 Å². The number of hydrogen-bond donors (Lipinski definition) is 1. The maximum Gasteiger partial charge on any atom is 0.349 e. The molecule has 1 fully saturated rings. The summed E-state index contributed by atoms with van der Waals surface area (Å²) in [5.41, 5.74) is 5.13. The van der Waals surface area contributed by atoms with Gasteiger partial charge in [0.2, 0.25) is 0 Å². The summed E-state index contributed by atoms with van der Waals surface area (Å²) in [4.78, 5) is 26.8. The number of anilines is 1. The van der Waals surface area contributed by atoms with Gasteiger partial charge in [0.05, 0.1) is 13.0 Å². The maximum absolute atomic E-state index is 11.7. The predicted molar refractivity (Wildman–Crippen MR) is 65.9 cm³/mol. The van der Waals surface area contributed by atoms with Gasteiger partial charge in [0.15, 0.2) is 0 Å². The van der Waals surface area contributed by atoms with E-state index in [-0.39, 0.29) is 29.4 Å². The first-order valence-electron chi connectivity index (χ1n) is 6.04. The van der Waals surface area contributed by atoms with Crippen LogP contribution in [0, 0.1) is 5.92 Å². The molecule has 1 saturated carbocycles. The van der Waals surface area contributed by atoms with Gasteiger partial charge in [-0.15, -0.1) is 0 Å². The van der Waals surface area contributed by atoms with Crippen molar-refractivity contribution in [3.8, 4) is 0 Å². The van der Waals surface area contributed by atoms with Gasteiger partial charge in [0.1, 0.15) is 5.82 Å². The van der Waals surface area contributed by atoms with Gasteiger partial charge in [0.25, 0.3) is 0 Å². The number of aromatic nitrogens is 2. The Bertz CT molecular complexity index is 490. The third-order valence-electron chi connectivity index (χ3n) is 3.48. The highest BCUT2D eigenvalue weighted by molar-refractivity contribution is 5.72. The topological polar surface area (TPSA) is 87.2 Å². The van der Waals surface area contributed by atoms with E-state index in [9.17, 15) is 9.59 Å². The molecule has 0 amide bonds. The molecular formula is C12H17N3O3. The molecule has 1 aromatic rings. The van der Waals surface area contributed by atoms with Crippen LogP contribution in [0.5, 0.6) is 0 Å². The second-order valence-corrected chi connectivity index (χ2v) is 4.57. The number of methoxy groups -OCH3 is 1. The number of ether oxygens (including phenoxy) is 1. The Hall–Kier alpha value is -1.85. The number of carbonyl (C=O) groups is 1. The molecule has 1 aliphatic rings. The Kier molecular flexibility index (Phi) is 3.64. The van der Waals surface area contributed by atoms with Crippen LogP contribution in [-0.4, -0.2) is 22.6 Å². The molecule has 98 valence electrons. The maximum atomic E-state index is 11.7. The fourth-order valence-corrected chi connectivity index (χ4v) is 2.46. The van der Waals surface area contributed by atoms with Crippen molar-refractivity contribution < 1.29 is 9.53 Å². The first-order valence-corrected chi connectivity index (χ1v) is 6.04. The quantitative estimate of drug-likeness (QED) is 0.783. The molecule has 1 aromatic heterocycles. The van der Waals surface area contributed by atoms with E-state index in [1.807, 2.05) is 0 Å². The molecule has 0 unspecified atom stereocenters. The predicted octanol–water partition coefficient (Wildman–Crippen LogP) is 0.730. The number of carbonyl (C=O) groups excluding carboxylic acids is 1. The molecule has 1 heterocycles. The number of nitrogens with zero attached hydrogens (tertiary/aromatic N) is 2. The van der Waals surface area contributed by atoms with Gasteiger partial charge in [-0.2, -0.15) is 4.98 Å². The summed E-state index contributed by atoms with van der Waals surface area (Å²) < 4.78 is 6.33. The first-order chi connectivity index (χ1) is 8.61. The summed E-state index contributed by atoms with van der Waals surface area (Å²) in [6.07, 6.45) is 4.73. The Morgan fingerprint density at radius 1 is 1.44 bits per heavy atom. The van der Waals surface area contributed by atoms with Crippen molar-refractivity contribution in [2.24, 2.45) is 5.92 Å². The lowest BCUT2D eigenvalue weighted by Crippen LogP contribution is -2.31. The smallest absolute Gasteiger partial charge is 0.349 e. The lowest BCUT2D eigenvalue weighted by atomic mass is 9.86. The van der Waals surface area contributed by atoms with Crippen LogP contribution in [0.1, 0.15) is 31.7 Å². The molecule has 0 saturated heterocycles. The molecule has 0 aliphatic heterocycles. The monoisotopic (exact) mass is 251 g/mol. The molecule has 6 heteroatoms. The zero-order valence-corrected chi connectivity index (χ0v) is 10.3. The zero-order valence-electron chi connectivity index (χ0n) is 10.3. The molecule has 2 rings (SSSR count). The van der Waals surface area contributed by atoms with Crippen molar-refractivity contribution in [3.05, 3.63) is 22.7 Å². The van der Waals surface area contributed by atoms with Gasteiger partial charge in [-0.3, -0.25) is 9.36 Å². The SMILES string of the molecule is COC(=O)C1CCC(n2ccc(N)nc2=O)CC1. The van der Waals surface area contributed by atoms with E-state index < -0.39 is 0 Å². The molecule has 0 spiro atoms. The lowest BCUT2D eigenvalue weighted by Gasteiger charge is -2.27. The second kappa shape index (κ2) is 5.20. The van der Waals surface area contributed by atoms with Gasteiger partial charge in [0, 0.05) is 12.2 Å². The van der Waals surface area contributed by atoms with E-state index in [4.69, 9.17) is 10.5 Å². The van der Waals surface area contributed by atoms with Crippen molar-refractivity contribution in [3.63, 3.8) is 0 Å². The van der Waals surface area contributed by atoms with Gasteiger partial charge >= 0.3 is 11.7 Å². The van der Waals surface area contributed by atoms with E-state index in [0.717, 1.165) is 25.7 Å². The second-order valence-electron chi connectivity index (χ2n) is 4.57. The van der Waals surface area contributed by atoms with Gasteiger partial charge in [-0.1, -0.05) is 0 Å². The average Bonchev–Trinajstić information content (AvgIpc) is 2.38. The first kappa shape index (κ1) is 12.6. The minimum Gasteiger partial charge on any atom is -0.469 e. The molecule has 6 nitrogen and oxygen atoms in total. The Morgan fingerprint density at radius 3 is 2.67 bits per heavy atom. The van der Waals surface area contributed by atoms with E-state index in [0.29, 0.717) is 0 Å². The van der Waals surface area contributed by atoms with Gasteiger partial charge < -0.3 is 10.5 Å². The standard InChI is InChI=1S/C12H17N3O3/c1-18-11(16)8-2-4-9(5-3-8)15-7-6-10(13)14-12(15)17/h6-9H,2-5H2,1H3,(H2,13,14,17). The molecule has 1 aliphatic carbocycles. The van der Waals surface area contributed by atoms with Crippen molar-refractivity contribution in [1.29, 1.82) is 0 Å². The van der Waals surface area contributed by atoms with Gasteiger partial charge in [-0.25, -0.2) is 4.79 Å². The average molecular weight is 251 g/mol. The molecule has 0 aromatic carbocycles. The minimum atomic E-state index is -0.323. The molecule has 0 radical (unpaired) electrons. The zero-order chi connectivity index (χ0) is 13.1. The van der Waals surface area contributed by atoms with E-state index in [2.05, 4.69) is 4.98 Å². The van der Waals surface area contributed by atoms with Gasteiger partial charge in [-0.05, 0) is 31.7 Å². The van der Waals surface area contributed by atoms with Crippen LogP contribution in [0.15, 0.2) is 17.1 Å². The number of hydrogen-bond acceptors (Lipinski definition) is 5. The largest absolute Gasteiger partial charge is 0.469 e. The molecule has 18 heavy (non-hydrogen) atoms. The number of rotatable bonds is 2. The van der Waals surface area contributed by atoms with Crippen LogP contribution in [0.2, 0.25) is 0 Å². The summed E-state index contributed by atoms with van der Waals surface area (Å²) in [6.45, 7) is 0. The van der Waals surface area contributed by atoms with Crippen molar-refractivity contribution >= 4 is 11.8 Å². The Balaban J connectivity index is 2.05. The highest BCUT2D eigenvalue weighted by Crippen LogP contribution is 2.31. The lowest BCUT2D eigenvalue weighted by molar-refractivity contribution is -0.146. The number of esters is 1. The molecule has 0 bridgehead atoms. The summed E-state index contributed by atoms with van der Waals surface area (Å²) in [6, 6.07) is 1.72. The summed E-state index contributed by atoms with van der Waals surface area (Å²) in [7, 11) is 1.41. The van der Waals surface area contributed by atoms with Crippen LogP contribution in [0.4, 0.5) is 5.82 Å². The highest BCUT2D eigenvalue weighted by Gasteiger charge is 2.28. The van der Waals surface area contributed by atoms with Crippen molar-refractivity contribution in [2.45, 2.75) is 31.7 Å². The highest BCUT2D eigenvalue weighted by atomic mass is 16.5. The van der Waals surface area contributed by atoms with E-state index in [1.54, 1.807) is 16.8 Å². The van der Waals surface area contributed by atoms with Crippen LogP contribution in [0.25, 0.3) is 0 Å². The molecule has 2 N–H and O–H groups in total. The summed E-state index contributed by atoms with van der Waals surface area (Å²) >= 11 is 0. The number of nitrogens with two attached hydrogens (primary N) is 1. The molecule has 0 atom stereocenters. The summed E-state index contributed by atoms with van der Waals surface area (Å²) in [5, 5.41) is 0. The third kappa shape index (κ3) is 2.52. The Morgan fingerprint density at radius 2 is 2.11 bits per heavy atom. The van der Waals surface area contributed by atoms with Crippen LogP contribution < -0.4 is 11.4 Å². The fourth-order valence-electron chi connectivity index (χ4n) is 2.46. The Labute approximate surface area is 105 Å². The molecular weight excluding hydrogens is 234 g/mol. The van der Waals surface area contributed by atoms with Crippen LogP contribution in [-0.2, 0) is 9.53 Å². The third-order valence-corrected chi connectivity index (χ3v) is 3.48.